The first-order valence-electron chi connectivity index (χ1n) is 10.9. The molecular formula is C25H33ClN2O2S. The Morgan fingerprint density at radius 2 is 1.68 bits per heavy atom. The van der Waals surface area contributed by atoms with Crippen molar-refractivity contribution < 1.29 is 9.59 Å². The second-order valence-corrected chi connectivity index (χ2v) is 9.41. The number of nitrogens with one attached hydrogen (secondary N) is 1. The topological polar surface area (TPSA) is 49.4 Å². The number of hydrogen-bond donors (Lipinski definition) is 1. The number of aryl methyl sites for hydroxylation is 1. The highest BCUT2D eigenvalue weighted by atomic mass is 35.5. The molecule has 2 unspecified atom stereocenters. The summed E-state index contributed by atoms with van der Waals surface area (Å²) < 4.78 is 0. The highest BCUT2D eigenvalue weighted by molar-refractivity contribution is 7.99. The van der Waals surface area contributed by atoms with Crippen LogP contribution in [0.4, 0.5) is 0 Å². The third kappa shape index (κ3) is 8.23. The number of thioether (sulfide) groups is 1. The second-order valence-electron chi connectivity index (χ2n) is 7.80. The molecular weight excluding hydrogens is 428 g/mol. The van der Waals surface area contributed by atoms with E-state index in [9.17, 15) is 9.59 Å². The third-order valence-electron chi connectivity index (χ3n) is 5.26. The van der Waals surface area contributed by atoms with Crippen LogP contribution in [0.2, 0.25) is 5.02 Å². The van der Waals surface area contributed by atoms with Crippen molar-refractivity contribution in [3.63, 3.8) is 0 Å². The van der Waals surface area contributed by atoms with Crippen molar-refractivity contribution in [1.82, 2.24) is 10.2 Å². The molecule has 0 bridgehead atoms. The number of amides is 2. The molecule has 0 aromatic heterocycles. The van der Waals surface area contributed by atoms with Gasteiger partial charge in [0.2, 0.25) is 11.8 Å². The first-order valence-corrected chi connectivity index (χ1v) is 12.2. The maximum Gasteiger partial charge on any atom is 0.243 e. The predicted molar refractivity (Wildman–Crippen MR) is 130 cm³/mol. The zero-order valence-electron chi connectivity index (χ0n) is 18.9. The molecule has 0 fully saturated rings. The predicted octanol–water partition coefficient (Wildman–Crippen LogP) is 5.85. The van der Waals surface area contributed by atoms with Gasteiger partial charge in [-0.25, -0.2) is 0 Å². The largest absolute Gasteiger partial charge is 0.352 e. The minimum atomic E-state index is -0.483. The molecule has 0 radical (unpaired) electrons. The van der Waals surface area contributed by atoms with E-state index in [0.717, 1.165) is 16.9 Å². The molecule has 0 spiro atoms. The first-order chi connectivity index (χ1) is 14.8. The zero-order chi connectivity index (χ0) is 22.8. The Kier molecular flexibility index (Phi) is 10.4. The fraction of sp³-hybridized carbons (Fsp3) is 0.440. The van der Waals surface area contributed by atoms with Crippen molar-refractivity contribution in [1.29, 1.82) is 0 Å². The molecule has 0 heterocycles. The van der Waals surface area contributed by atoms with E-state index in [1.807, 2.05) is 76.2 Å². The van der Waals surface area contributed by atoms with Crippen molar-refractivity contribution in [2.75, 3.05) is 5.75 Å². The summed E-state index contributed by atoms with van der Waals surface area (Å²) >= 11 is 7.56. The zero-order valence-corrected chi connectivity index (χ0v) is 20.4. The molecule has 2 rings (SSSR count). The highest BCUT2D eigenvalue weighted by Gasteiger charge is 2.28. The van der Waals surface area contributed by atoms with Crippen LogP contribution in [0, 0.1) is 6.92 Å². The van der Waals surface area contributed by atoms with Gasteiger partial charge in [-0.1, -0.05) is 55.3 Å². The van der Waals surface area contributed by atoms with Gasteiger partial charge in [0.15, 0.2) is 0 Å². The number of rotatable bonds is 11. The number of nitrogens with zero attached hydrogens (tertiary/aromatic N) is 1. The van der Waals surface area contributed by atoms with E-state index in [1.54, 1.807) is 16.7 Å². The normalized spacial score (nSPS) is 12.8. The van der Waals surface area contributed by atoms with Crippen LogP contribution in [-0.4, -0.2) is 34.6 Å². The Balaban J connectivity index is 2.12. The number of carbonyl (C=O) groups is 2. The quantitative estimate of drug-likeness (QED) is 0.427. The van der Waals surface area contributed by atoms with Gasteiger partial charge in [-0.2, -0.15) is 0 Å². The van der Waals surface area contributed by atoms with Crippen LogP contribution in [0.3, 0.4) is 0 Å². The molecule has 2 amide bonds. The maximum absolute atomic E-state index is 13.2. The van der Waals surface area contributed by atoms with Crippen molar-refractivity contribution in [3.05, 3.63) is 64.7 Å². The van der Waals surface area contributed by atoms with Crippen LogP contribution in [-0.2, 0) is 16.1 Å². The smallest absolute Gasteiger partial charge is 0.243 e. The van der Waals surface area contributed by atoms with Crippen molar-refractivity contribution in [2.45, 2.75) is 70.5 Å². The fourth-order valence-electron chi connectivity index (χ4n) is 3.18. The molecule has 168 valence electrons. The summed E-state index contributed by atoms with van der Waals surface area (Å²) in [5, 5.41) is 3.74. The van der Waals surface area contributed by atoms with E-state index in [-0.39, 0.29) is 17.9 Å². The van der Waals surface area contributed by atoms with Crippen LogP contribution in [0.15, 0.2) is 53.4 Å². The summed E-state index contributed by atoms with van der Waals surface area (Å²) in [6.07, 6.45) is 1.79. The van der Waals surface area contributed by atoms with Gasteiger partial charge in [-0.3, -0.25) is 9.59 Å². The van der Waals surface area contributed by atoms with Gasteiger partial charge in [-0.15, -0.1) is 11.8 Å². The van der Waals surface area contributed by atoms with Gasteiger partial charge in [0.25, 0.3) is 0 Å². The lowest BCUT2D eigenvalue weighted by Gasteiger charge is -2.31. The van der Waals surface area contributed by atoms with Crippen molar-refractivity contribution in [3.8, 4) is 0 Å². The Morgan fingerprint density at radius 3 is 2.26 bits per heavy atom. The fourth-order valence-corrected chi connectivity index (χ4v) is 4.15. The Morgan fingerprint density at radius 1 is 1.03 bits per heavy atom. The summed E-state index contributed by atoms with van der Waals surface area (Å²) in [4.78, 5) is 29.0. The Labute approximate surface area is 195 Å². The molecule has 2 aromatic rings. The molecule has 0 aliphatic heterocycles. The standard InChI is InChI=1S/C25H33ClN2O2S/c1-5-19(4)27-25(30)23(6-2)28(17-20-9-7-18(3)8-10-20)24(29)15-16-31-22-13-11-21(26)12-14-22/h7-14,19,23H,5-6,15-17H2,1-4H3,(H,27,30). The molecule has 0 aliphatic rings. The minimum Gasteiger partial charge on any atom is -0.352 e. The maximum atomic E-state index is 13.2. The van der Waals surface area contributed by atoms with Gasteiger partial charge in [0, 0.05) is 34.7 Å². The van der Waals surface area contributed by atoms with Crippen LogP contribution < -0.4 is 5.32 Å². The third-order valence-corrected chi connectivity index (χ3v) is 6.52. The molecule has 0 saturated carbocycles. The number of halogens is 1. The molecule has 0 saturated heterocycles. The lowest BCUT2D eigenvalue weighted by molar-refractivity contribution is -0.141. The summed E-state index contributed by atoms with van der Waals surface area (Å²) in [6.45, 7) is 8.44. The molecule has 4 nitrogen and oxygen atoms in total. The van der Waals surface area contributed by atoms with E-state index in [4.69, 9.17) is 11.6 Å². The average Bonchev–Trinajstić information content (AvgIpc) is 2.76. The Bertz CT molecular complexity index is 840. The van der Waals surface area contributed by atoms with Crippen molar-refractivity contribution >= 4 is 35.2 Å². The van der Waals surface area contributed by atoms with E-state index >= 15 is 0 Å². The van der Waals surface area contributed by atoms with E-state index in [0.29, 0.717) is 30.2 Å². The number of carbonyl (C=O) groups excluding carboxylic acids is 2. The van der Waals surface area contributed by atoms with Crippen LogP contribution in [0.25, 0.3) is 0 Å². The lowest BCUT2D eigenvalue weighted by atomic mass is 10.1. The Hall–Kier alpha value is -1.98. The monoisotopic (exact) mass is 460 g/mol. The van der Waals surface area contributed by atoms with Gasteiger partial charge in [0.1, 0.15) is 6.04 Å². The lowest BCUT2D eigenvalue weighted by Crippen LogP contribution is -2.50. The van der Waals surface area contributed by atoms with Gasteiger partial charge < -0.3 is 10.2 Å². The SMILES string of the molecule is CCC(C)NC(=O)C(CC)N(Cc1ccc(C)cc1)C(=O)CCSc1ccc(Cl)cc1. The summed E-state index contributed by atoms with van der Waals surface area (Å²) in [5.41, 5.74) is 2.20. The summed E-state index contributed by atoms with van der Waals surface area (Å²) in [6, 6.07) is 15.3. The van der Waals surface area contributed by atoms with Crippen LogP contribution >= 0.6 is 23.4 Å². The summed E-state index contributed by atoms with van der Waals surface area (Å²) in [7, 11) is 0. The average molecular weight is 461 g/mol. The second kappa shape index (κ2) is 12.8. The first kappa shape index (κ1) is 25.3. The van der Waals surface area contributed by atoms with Gasteiger partial charge >= 0.3 is 0 Å². The van der Waals surface area contributed by atoms with Crippen LogP contribution in [0.5, 0.6) is 0 Å². The molecule has 31 heavy (non-hydrogen) atoms. The van der Waals surface area contributed by atoms with E-state index < -0.39 is 6.04 Å². The van der Waals surface area contributed by atoms with Crippen molar-refractivity contribution in [2.24, 2.45) is 0 Å². The van der Waals surface area contributed by atoms with Gasteiger partial charge in [-0.05, 0) is 56.5 Å². The summed E-state index contributed by atoms with van der Waals surface area (Å²) in [5.74, 6) is 0.560. The number of benzene rings is 2. The molecule has 6 heteroatoms. The molecule has 1 N–H and O–H groups in total. The van der Waals surface area contributed by atoms with Gasteiger partial charge in [0.05, 0.1) is 0 Å². The number of hydrogen-bond acceptors (Lipinski definition) is 3. The molecule has 2 aromatic carbocycles. The van der Waals surface area contributed by atoms with E-state index in [1.165, 1.54) is 5.56 Å². The molecule has 2 atom stereocenters. The minimum absolute atomic E-state index is 0.00631. The highest BCUT2D eigenvalue weighted by Crippen LogP contribution is 2.22. The molecule has 0 aliphatic carbocycles. The van der Waals surface area contributed by atoms with Crippen LogP contribution in [0.1, 0.15) is 51.2 Å². The van der Waals surface area contributed by atoms with E-state index in [2.05, 4.69) is 5.32 Å².